The summed E-state index contributed by atoms with van der Waals surface area (Å²) >= 11 is 0. The van der Waals surface area contributed by atoms with Crippen molar-refractivity contribution in [3.05, 3.63) is 42.2 Å². The van der Waals surface area contributed by atoms with E-state index in [1.807, 2.05) is 12.1 Å². The van der Waals surface area contributed by atoms with Crippen LogP contribution >= 0.6 is 0 Å². The van der Waals surface area contributed by atoms with Crippen molar-refractivity contribution in [3.8, 4) is 11.3 Å². The molecule has 1 unspecified atom stereocenters. The van der Waals surface area contributed by atoms with Gasteiger partial charge in [0.05, 0.1) is 11.4 Å². The van der Waals surface area contributed by atoms with Gasteiger partial charge in [0.15, 0.2) is 5.82 Å². The standard InChI is InChI=1S/C20H24F3N3/c1-4-13(2)24-17-10-9-16(14-5-7-15(21)8-6-14)25-18(17)26-19(3)11-20(22,23)12-19/h5-10,13,24H,4,11-12H2,1-3H3,(H,25,26). The SMILES string of the molecule is CCC(C)Nc1ccc(-c2ccc(F)cc2)nc1NC1(C)CC(F)(F)C1. The van der Waals surface area contributed by atoms with Crippen molar-refractivity contribution in [1.29, 1.82) is 0 Å². The Kier molecular flexibility index (Phi) is 4.86. The maximum atomic E-state index is 13.4. The average molecular weight is 363 g/mol. The number of benzene rings is 1. The summed E-state index contributed by atoms with van der Waals surface area (Å²) in [5, 5.41) is 6.57. The lowest BCUT2D eigenvalue weighted by Crippen LogP contribution is -2.54. The molecule has 1 aliphatic rings. The van der Waals surface area contributed by atoms with Crippen molar-refractivity contribution in [1.82, 2.24) is 4.98 Å². The molecule has 0 spiro atoms. The van der Waals surface area contributed by atoms with Gasteiger partial charge in [-0.1, -0.05) is 6.92 Å². The van der Waals surface area contributed by atoms with Crippen LogP contribution in [0.4, 0.5) is 24.7 Å². The predicted octanol–water partition coefficient (Wildman–Crippen LogP) is 5.70. The van der Waals surface area contributed by atoms with Crippen LogP contribution in [0.5, 0.6) is 0 Å². The second-order valence-corrected chi connectivity index (χ2v) is 7.45. The molecule has 2 aromatic rings. The molecule has 1 atom stereocenters. The minimum absolute atomic E-state index is 0.217. The monoisotopic (exact) mass is 363 g/mol. The van der Waals surface area contributed by atoms with Crippen LogP contribution in [0.15, 0.2) is 36.4 Å². The zero-order valence-electron chi connectivity index (χ0n) is 15.2. The lowest BCUT2D eigenvalue weighted by atomic mass is 9.75. The fraction of sp³-hybridized carbons (Fsp3) is 0.450. The van der Waals surface area contributed by atoms with Crippen LogP contribution in [0.1, 0.15) is 40.0 Å². The molecule has 6 heteroatoms. The molecule has 3 nitrogen and oxygen atoms in total. The smallest absolute Gasteiger partial charge is 0.252 e. The Morgan fingerprint density at radius 3 is 2.35 bits per heavy atom. The molecule has 0 aliphatic heterocycles. The Hall–Kier alpha value is -2.24. The number of nitrogens with zero attached hydrogens (tertiary/aromatic N) is 1. The second-order valence-electron chi connectivity index (χ2n) is 7.45. The van der Waals surface area contributed by atoms with Crippen LogP contribution in [0, 0.1) is 5.82 Å². The maximum absolute atomic E-state index is 13.4. The van der Waals surface area contributed by atoms with Crippen LogP contribution in [-0.4, -0.2) is 22.5 Å². The lowest BCUT2D eigenvalue weighted by molar-refractivity contribution is -0.109. The third kappa shape index (κ3) is 4.11. The largest absolute Gasteiger partial charge is 0.380 e. The molecule has 1 aliphatic carbocycles. The van der Waals surface area contributed by atoms with Gasteiger partial charge in [-0.2, -0.15) is 0 Å². The Balaban J connectivity index is 1.91. The number of nitrogens with one attached hydrogen (secondary N) is 2. The fourth-order valence-corrected chi connectivity index (χ4v) is 3.28. The molecule has 26 heavy (non-hydrogen) atoms. The molecule has 0 radical (unpaired) electrons. The molecular weight excluding hydrogens is 339 g/mol. The Labute approximate surface area is 152 Å². The number of pyridine rings is 1. The average Bonchev–Trinajstić information content (AvgIpc) is 2.55. The predicted molar refractivity (Wildman–Crippen MR) is 99.2 cm³/mol. The summed E-state index contributed by atoms with van der Waals surface area (Å²) in [6, 6.07) is 10.0. The zero-order valence-corrected chi connectivity index (χ0v) is 15.2. The van der Waals surface area contributed by atoms with Crippen molar-refractivity contribution < 1.29 is 13.2 Å². The van der Waals surface area contributed by atoms with E-state index in [9.17, 15) is 13.2 Å². The van der Waals surface area contributed by atoms with E-state index in [0.29, 0.717) is 11.5 Å². The molecule has 3 rings (SSSR count). The van der Waals surface area contributed by atoms with Crippen molar-refractivity contribution in [2.24, 2.45) is 0 Å². The topological polar surface area (TPSA) is 37.0 Å². The lowest BCUT2D eigenvalue weighted by Gasteiger charge is -2.45. The van der Waals surface area contributed by atoms with Crippen LogP contribution < -0.4 is 10.6 Å². The first-order valence-corrected chi connectivity index (χ1v) is 8.89. The van der Waals surface area contributed by atoms with E-state index < -0.39 is 11.5 Å². The summed E-state index contributed by atoms with van der Waals surface area (Å²) in [7, 11) is 0. The number of aromatic nitrogens is 1. The second kappa shape index (κ2) is 6.82. The molecule has 1 fully saturated rings. The van der Waals surface area contributed by atoms with Gasteiger partial charge in [-0.05, 0) is 56.7 Å². The van der Waals surface area contributed by atoms with Crippen molar-refractivity contribution in [2.45, 2.75) is 57.5 Å². The summed E-state index contributed by atoms with van der Waals surface area (Å²) < 4.78 is 39.9. The van der Waals surface area contributed by atoms with Crippen LogP contribution in [0.3, 0.4) is 0 Å². The van der Waals surface area contributed by atoms with E-state index in [1.54, 1.807) is 19.1 Å². The highest BCUT2D eigenvalue weighted by atomic mass is 19.3. The van der Waals surface area contributed by atoms with Crippen molar-refractivity contribution >= 4 is 11.5 Å². The van der Waals surface area contributed by atoms with Gasteiger partial charge in [-0.3, -0.25) is 0 Å². The number of anilines is 2. The summed E-state index contributed by atoms with van der Waals surface area (Å²) in [6.45, 7) is 5.90. The molecule has 1 aromatic heterocycles. The molecule has 0 bridgehead atoms. The number of hydrogen-bond donors (Lipinski definition) is 2. The minimum Gasteiger partial charge on any atom is -0.380 e. The summed E-state index contributed by atoms with van der Waals surface area (Å²) in [4.78, 5) is 4.63. The zero-order chi connectivity index (χ0) is 18.9. The van der Waals surface area contributed by atoms with Crippen molar-refractivity contribution in [2.75, 3.05) is 10.6 Å². The highest BCUT2D eigenvalue weighted by Crippen LogP contribution is 2.47. The quantitative estimate of drug-likeness (QED) is 0.691. The Bertz CT molecular complexity index is 766. The minimum atomic E-state index is -2.62. The van der Waals surface area contributed by atoms with Gasteiger partial charge in [0.25, 0.3) is 5.92 Å². The van der Waals surface area contributed by atoms with Crippen LogP contribution in [0.2, 0.25) is 0 Å². The highest BCUT2D eigenvalue weighted by molar-refractivity contribution is 5.72. The molecule has 1 saturated carbocycles. The fourth-order valence-electron chi connectivity index (χ4n) is 3.28. The van der Waals surface area contributed by atoms with E-state index in [1.165, 1.54) is 12.1 Å². The highest BCUT2D eigenvalue weighted by Gasteiger charge is 2.54. The van der Waals surface area contributed by atoms with Gasteiger partial charge in [0.2, 0.25) is 0 Å². The number of rotatable bonds is 6. The summed E-state index contributed by atoms with van der Waals surface area (Å²) in [5.74, 6) is -2.39. The van der Waals surface area contributed by atoms with Gasteiger partial charge >= 0.3 is 0 Å². The first kappa shape index (κ1) is 18.5. The van der Waals surface area contributed by atoms with Crippen molar-refractivity contribution in [3.63, 3.8) is 0 Å². The van der Waals surface area contributed by atoms with Gasteiger partial charge in [-0.25, -0.2) is 18.2 Å². The first-order chi connectivity index (χ1) is 12.2. The van der Waals surface area contributed by atoms with Crippen LogP contribution in [-0.2, 0) is 0 Å². The molecule has 0 amide bonds. The van der Waals surface area contributed by atoms with E-state index in [2.05, 4.69) is 29.5 Å². The molecule has 0 saturated heterocycles. The van der Waals surface area contributed by atoms with E-state index in [-0.39, 0.29) is 24.7 Å². The molecule has 1 heterocycles. The van der Waals surface area contributed by atoms with Crippen LogP contribution in [0.25, 0.3) is 11.3 Å². The third-order valence-corrected chi connectivity index (χ3v) is 4.77. The van der Waals surface area contributed by atoms with E-state index in [0.717, 1.165) is 17.7 Å². The number of alkyl halides is 2. The van der Waals surface area contributed by atoms with E-state index >= 15 is 0 Å². The summed E-state index contributed by atoms with van der Waals surface area (Å²) in [5.41, 5.74) is 1.52. The Morgan fingerprint density at radius 1 is 1.12 bits per heavy atom. The third-order valence-electron chi connectivity index (χ3n) is 4.77. The van der Waals surface area contributed by atoms with Gasteiger partial charge in [0, 0.05) is 30.0 Å². The summed E-state index contributed by atoms with van der Waals surface area (Å²) in [6.07, 6.45) is 0.491. The maximum Gasteiger partial charge on any atom is 0.252 e. The molecule has 1 aromatic carbocycles. The molecule has 2 N–H and O–H groups in total. The Morgan fingerprint density at radius 2 is 1.77 bits per heavy atom. The normalized spacial score (nSPS) is 18.7. The van der Waals surface area contributed by atoms with E-state index in [4.69, 9.17) is 0 Å². The molecular formula is C20H24F3N3. The number of halogens is 3. The number of hydrogen-bond acceptors (Lipinski definition) is 3. The van der Waals surface area contributed by atoms with Gasteiger partial charge in [-0.15, -0.1) is 0 Å². The first-order valence-electron chi connectivity index (χ1n) is 8.89. The van der Waals surface area contributed by atoms with Gasteiger partial charge in [0.1, 0.15) is 5.82 Å². The molecule has 140 valence electrons. The van der Waals surface area contributed by atoms with Gasteiger partial charge < -0.3 is 10.6 Å².